The summed E-state index contributed by atoms with van der Waals surface area (Å²) in [6, 6.07) is 19.0. The third-order valence-electron chi connectivity index (χ3n) is 3.93. The molecule has 4 nitrogen and oxygen atoms in total. The summed E-state index contributed by atoms with van der Waals surface area (Å²) < 4.78 is 5.63. The van der Waals surface area contributed by atoms with Crippen LogP contribution in [0.3, 0.4) is 0 Å². The number of nitrogens with two attached hydrogens (primary N) is 1. The van der Waals surface area contributed by atoms with E-state index in [0.717, 1.165) is 11.3 Å². The first kappa shape index (κ1) is 17.0. The molecule has 2 aromatic rings. The van der Waals surface area contributed by atoms with Gasteiger partial charge >= 0.3 is 0 Å². The zero-order valence-electron chi connectivity index (χ0n) is 13.7. The molecule has 4 heteroatoms. The molecule has 0 radical (unpaired) electrons. The number of ether oxygens (including phenoxy) is 1. The molecule has 0 saturated heterocycles. The highest BCUT2D eigenvalue weighted by atomic mass is 16.5. The summed E-state index contributed by atoms with van der Waals surface area (Å²) in [6.07, 6.45) is 0. The van der Waals surface area contributed by atoms with Crippen molar-refractivity contribution in [3.8, 4) is 5.75 Å². The maximum atomic E-state index is 12.5. The molecule has 2 N–H and O–H groups in total. The zero-order valence-corrected chi connectivity index (χ0v) is 13.7. The van der Waals surface area contributed by atoms with Crippen LogP contribution in [0.25, 0.3) is 0 Å². The summed E-state index contributed by atoms with van der Waals surface area (Å²) >= 11 is 0. The van der Waals surface area contributed by atoms with Gasteiger partial charge in [0.2, 0.25) is 5.91 Å². The van der Waals surface area contributed by atoms with Crippen molar-refractivity contribution in [2.75, 3.05) is 20.2 Å². The number of likely N-dealkylation sites (N-methyl/N-ethyl adjacent to an activating group) is 1. The van der Waals surface area contributed by atoms with E-state index < -0.39 is 0 Å². The highest BCUT2D eigenvalue weighted by Gasteiger charge is 2.24. The highest BCUT2D eigenvalue weighted by Crippen LogP contribution is 2.20. The first-order valence-electron chi connectivity index (χ1n) is 7.83. The molecule has 0 aliphatic rings. The van der Waals surface area contributed by atoms with Crippen molar-refractivity contribution < 1.29 is 9.53 Å². The van der Waals surface area contributed by atoms with Crippen LogP contribution in [-0.2, 0) is 4.79 Å². The number of benzene rings is 2. The van der Waals surface area contributed by atoms with Crippen molar-refractivity contribution in [1.82, 2.24) is 4.90 Å². The van der Waals surface area contributed by atoms with Gasteiger partial charge in [-0.15, -0.1) is 0 Å². The lowest BCUT2D eigenvalue weighted by atomic mass is 9.94. The Morgan fingerprint density at radius 1 is 1.09 bits per heavy atom. The fourth-order valence-electron chi connectivity index (χ4n) is 2.39. The minimum Gasteiger partial charge on any atom is -0.492 e. The van der Waals surface area contributed by atoms with E-state index in [1.165, 1.54) is 0 Å². The van der Waals surface area contributed by atoms with Crippen molar-refractivity contribution in [3.63, 3.8) is 0 Å². The minimum atomic E-state index is -0.304. The second-order valence-corrected chi connectivity index (χ2v) is 5.65. The van der Waals surface area contributed by atoms with Gasteiger partial charge in [0, 0.05) is 13.1 Å². The number of para-hydroxylation sites is 1. The van der Waals surface area contributed by atoms with Gasteiger partial charge in [-0.1, -0.05) is 55.5 Å². The van der Waals surface area contributed by atoms with Gasteiger partial charge in [0.1, 0.15) is 12.4 Å². The summed E-state index contributed by atoms with van der Waals surface area (Å²) in [7, 11) is 1.78. The molecule has 122 valence electrons. The molecule has 2 rings (SSSR count). The third kappa shape index (κ3) is 4.83. The van der Waals surface area contributed by atoms with Gasteiger partial charge in [0.05, 0.1) is 12.5 Å². The molecule has 23 heavy (non-hydrogen) atoms. The molecule has 0 heterocycles. The Morgan fingerprint density at radius 3 is 2.26 bits per heavy atom. The van der Waals surface area contributed by atoms with Crippen molar-refractivity contribution in [2.24, 2.45) is 11.7 Å². The zero-order chi connectivity index (χ0) is 16.7. The molecule has 0 aliphatic heterocycles. The molecule has 2 unspecified atom stereocenters. The van der Waals surface area contributed by atoms with Gasteiger partial charge in [-0.3, -0.25) is 4.79 Å². The molecule has 1 amide bonds. The Hall–Kier alpha value is -2.33. The maximum absolute atomic E-state index is 12.5. The molecule has 2 aromatic carbocycles. The van der Waals surface area contributed by atoms with Crippen molar-refractivity contribution in [3.05, 3.63) is 66.2 Å². The lowest BCUT2D eigenvalue weighted by molar-refractivity contribution is -0.134. The van der Waals surface area contributed by atoms with E-state index in [0.29, 0.717) is 13.2 Å². The normalized spacial score (nSPS) is 13.2. The number of carbonyl (C=O) groups excluding carboxylic acids is 1. The maximum Gasteiger partial charge on any atom is 0.227 e. The van der Waals surface area contributed by atoms with Gasteiger partial charge in [-0.05, 0) is 17.7 Å². The largest absolute Gasteiger partial charge is 0.492 e. The summed E-state index contributed by atoms with van der Waals surface area (Å²) in [6.45, 7) is 2.85. The van der Waals surface area contributed by atoms with Crippen LogP contribution in [0.5, 0.6) is 5.75 Å². The minimum absolute atomic E-state index is 0.0259. The summed E-state index contributed by atoms with van der Waals surface area (Å²) in [5.41, 5.74) is 7.19. The van der Waals surface area contributed by atoms with Crippen molar-refractivity contribution >= 4 is 5.91 Å². The first-order chi connectivity index (χ1) is 11.1. The molecular formula is C19H24N2O2. The van der Waals surface area contributed by atoms with Crippen LogP contribution in [0, 0.1) is 5.92 Å². The Labute approximate surface area is 137 Å². The standard InChI is InChI=1S/C19H24N2O2/c1-15(18(20)16-9-5-3-6-10-16)19(22)21(2)13-14-23-17-11-7-4-8-12-17/h3-12,15,18H,13-14,20H2,1-2H3. The smallest absolute Gasteiger partial charge is 0.227 e. The number of carbonyl (C=O) groups is 1. The topological polar surface area (TPSA) is 55.6 Å². The Morgan fingerprint density at radius 2 is 1.65 bits per heavy atom. The van der Waals surface area contributed by atoms with E-state index in [4.69, 9.17) is 10.5 Å². The fourth-order valence-corrected chi connectivity index (χ4v) is 2.39. The van der Waals surface area contributed by atoms with E-state index in [-0.39, 0.29) is 17.9 Å². The van der Waals surface area contributed by atoms with Gasteiger partial charge in [-0.25, -0.2) is 0 Å². The highest BCUT2D eigenvalue weighted by molar-refractivity contribution is 5.79. The number of hydrogen-bond donors (Lipinski definition) is 1. The van der Waals surface area contributed by atoms with Crippen LogP contribution < -0.4 is 10.5 Å². The predicted octanol–water partition coefficient (Wildman–Crippen LogP) is 2.86. The Kier molecular flexibility index (Phi) is 6.18. The number of nitrogens with zero attached hydrogens (tertiary/aromatic N) is 1. The number of hydrogen-bond acceptors (Lipinski definition) is 3. The van der Waals surface area contributed by atoms with Crippen molar-refractivity contribution in [2.45, 2.75) is 13.0 Å². The third-order valence-corrected chi connectivity index (χ3v) is 3.93. The molecule has 0 aromatic heterocycles. The lowest BCUT2D eigenvalue weighted by Gasteiger charge is -2.25. The number of amides is 1. The fraction of sp³-hybridized carbons (Fsp3) is 0.316. The van der Waals surface area contributed by atoms with Crippen LogP contribution >= 0.6 is 0 Å². The molecule has 2 atom stereocenters. The predicted molar refractivity (Wildman–Crippen MR) is 92.1 cm³/mol. The monoisotopic (exact) mass is 312 g/mol. The second kappa shape index (κ2) is 8.34. The Balaban J connectivity index is 1.84. The quantitative estimate of drug-likeness (QED) is 0.855. The molecule has 0 saturated carbocycles. The van der Waals surface area contributed by atoms with E-state index >= 15 is 0 Å². The van der Waals surface area contributed by atoms with Gasteiger partial charge < -0.3 is 15.4 Å². The van der Waals surface area contributed by atoms with Gasteiger partial charge in [0.15, 0.2) is 0 Å². The average molecular weight is 312 g/mol. The van der Waals surface area contributed by atoms with Crippen LogP contribution in [0.1, 0.15) is 18.5 Å². The van der Waals surface area contributed by atoms with Crippen molar-refractivity contribution in [1.29, 1.82) is 0 Å². The van der Waals surface area contributed by atoms with Crippen LogP contribution in [0.15, 0.2) is 60.7 Å². The van der Waals surface area contributed by atoms with E-state index in [9.17, 15) is 4.79 Å². The molecular weight excluding hydrogens is 288 g/mol. The van der Waals surface area contributed by atoms with Crippen LogP contribution in [0.4, 0.5) is 0 Å². The second-order valence-electron chi connectivity index (χ2n) is 5.65. The number of rotatable bonds is 7. The lowest BCUT2D eigenvalue weighted by Crippen LogP contribution is -2.39. The molecule has 0 spiro atoms. The summed E-state index contributed by atoms with van der Waals surface area (Å²) in [5, 5.41) is 0. The van der Waals surface area contributed by atoms with E-state index in [2.05, 4.69) is 0 Å². The molecule has 0 aliphatic carbocycles. The molecule has 0 bridgehead atoms. The summed E-state index contributed by atoms with van der Waals surface area (Å²) in [4.78, 5) is 14.2. The van der Waals surface area contributed by atoms with Crippen LogP contribution in [-0.4, -0.2) is 31.0 Å². The van der Waals surface area contributed by atoms with Gasteiger partial charge in [0.25, 0.3) is 0 Å². The SMILES string of the molecule is CC(C(=O)N(C)CCOc1ccccc1)C(N)c1ccccc1. The molecule has 0 fully saturated rings. The van der Waals surface area contributed by atoms with Gasteiger partial charge in [-0.2, -0.15) is 0 Å². The van der Waals surface area contributed by atoms with Crippen LogP contribution in [0.2, 0.25) is 0 Å². The Bertz CT molecular complexity index is 601. The van der Waals surface area contributed by atoms with E-state index in [1.54, 1.807) is 11.9 Å². The first-order valence-corrected chi connectivity index (χ1v) is 7.83. The summed E-state index contributed by atoms with van der Waals surface area (Å²) in [5.74, 6) is 0.555. The average Bonchev–Trinajstić information content (AvgIpc) is 2.61. The van der Waals surface area contributed by atoms with E-state index in [1.807, 2.05) is 67.6 Å².